The number of methoxy groups -OCH3 is 1. The van der Waals surface area contributed by atoms with Crippen molar-refractivity contribution in [2.75, 3.05) is 7.11 Å². The summed E-state index contributed by atoms with van der Waals surface area (Å²) in [4.78, 5) is 10.5. The minimum atomic E-state index is -0.213. The second-order valence-corrected chi connectivity index (χ2v) is 4.15. The lowest BCUT2D eigenvalue weighted by atomic mass is 9.96. The van der Waals surface area contributed by atoms with Crippen LogP contribution in [0.2, 0.25) is 0 Å². The maximum atomic E-state index is 10.5. The fourth-order valence-electron chi connectivity index (χ4n) is 2.71. The van der Waals surface area contributed by atoms with Crippen molar-refractivity contribution in [1.82, 2.24) is 0 Å². The zero-order valence-corrected chi connectivity index (χ0v) is 7.70. The molecule has 2 saturated carbocycles. The highest BCUT2D eigenvalue weighted by molar-refractivity contribution is 6.21. The van der Waals surface area contributed by atoms with Gasteiger partial charge in [0.1, 0.15) is 6.04 Å². The molecule has 0 aliphatic heterocycles. The molecule has 0 aromatic rings. The van der Waals surface area contributed by atoms with Gasteiger partial charge in [0, 0.05) is 18.9 Å². The van der Waals surface area contributed by atoms with Crippen LogP contribution in [-0.4, -0.2) is 24.6 Å². The van der Waals surface area contributed by atoms with Gasteiger partial charge in [0.05, 0.1) is 11.5 Å². The van der Waals surface area contributed by atoms with Gasteiger partial charge < -0.3 is 4.74 Å². The van der Waals surface area contributed by atoms with E-state index in [4.69, 9.17) is 16.3 Å². The Hall–Kier alpha value is -0.150. The first-order valence-corrected chi connectivity index (χ1v) is 4.72. The second-order valence-electron chi connectivity index (χ2n) is 3.65. The molecule has 2 aliphatic rings. The first-order valence-electron chi connectivity index (χ1n) is 4.29. The third-order valence-corrected chi connectivity index (χ3v) is 3.83. The predicted molar refractivity (Wildman–Crippen MR) is 46.2 cm³/mol. The van der Waals surface area contributed by atoms with Crippen LogP contribution in [0, 0.1) is 16.7 Å². The van der Waals surface area contributed by atoms with Crippen LogP contribution in [0.25, 0.3) is 0 Å². The van der Waals surface area contributed by atoms with Crippen molar-refractivity contribution >= 4 is 11.6 Å². The minimum absolute atomic E-state index is 0.0915. The molecule has 2 rings (SSSR count). The van der Waals surface area contributed by atoms with Crippen LogP contribution in [0.3, 0.4) is 0 Å². The van der Waals surface area contributed by atoms with Crippen LogP contribution in [0.1, 0.15) is 12.8 Å². The number of rotatable bonds is 2. The first kappa shape index (κ1) is 8.45. The summed E-state index contributed by atoms with van der Waals surface area (Å²) in [6.45, 7) is 0. The summed E-state index contributed by atoms with van der Waals surface area (Å²) in [5.74, 6) is 0.629. The van der Waals surface area contributed by atoms with E-state index >= 15 is 0 Å². The number of ether oxygens (including phenoxy) is 1. The Morgan fingerprint density at radius 2 is 2.08 bits per heavy atom. The summed E-state index contributed by atoms with van der Waals surface area (Å²) in [7, 11) is 1.69. The molecule has 3 nitrogen and oxygen atoms in total. The van der Waals surface area contributed by atoms with E-state index in [-0.39, 0.29) is 23.4 Å². The monoisotopic (exact) mass is 189 g/mol. The molecule has 2 bridgehead atoms. The van der Waals surface area contributed by atoms with Crippen LogP contribution >= 0.6 is 11.6 Å². The van der Waals surface area contributed by atoms with Crippen LogP contribution < -0.4 is 0 Å². The Bertz CT molecular complexity index is 199. The van der Waals surface area contributed by atoms with Crippen LogP contribution in [0.4, 0.5) is 0 Å². The van der Waals surface area contributed by atoms with E-state index in [0.29, 0.717) is 5.92 Å². The highest BCUT2D eigenvalue weighted by Crippen LogP contribution is 2.49. The van der Waals surface area contributed by atoms with Gasteiger partial charge in [0.25, 0.3) is 0 Å². The summed E-state index contributed by atoms with van der Waals surface area (Å²) < 4.78 is 5.32. The van der Waals surface area contributed by atoms with Crippen molar-refractivity contribution in [1.29, 1.82) is 0 Å². The number of hydrogen-bond acceptors (Lipinski definition) is 3. The van der Waals surface area contributed by atoms with Gasteiger partial charge in [-0.3, -0.25) is 0 Å². The average molecular weight is 190 g/mol. The summed E-state index contributed by atoms with van der Waals surface area (Å²) in [6.07, 6.45) is 2.31. The van der Waals surface area contributed by atoms with E-state index < -0.39 is 0 Å². The van der Waals surface area contributed by atoms with E-state index in [1.54, 1.807) is 7.11 Å². The Balaban J connectivity index is 2.20. The Kier molecular flexibility index (Phi) is 2.09. The van der Waals surface area contributed by atoms with Gasteiger partial charge in [-0.25, -0.2) is 0 Å². The summed E-state index contributed by atoms with van der Waals surface area (Å²) >= 11 is 6.07. The Labute approximate surface area is 76.4 Å². The number of hydrogen-bond donors (Lipinski definition) is 0. The fourth-order valence-corrected chi connectivity index (χ4v) is 3.21. The van der Waals surface area contributed by atoms with E-state index in [1.807, 2.05) is 0 Å². The predicted octanol–water partition coefficient (Wildman–Crippen LogP) is 1.78. The number of halogens is 1. The molecule has 12 heavy (non-hydrogen) atoms. The molecule has 5 atom stereocenters. The summed E-state index contributed by atoms with van der Waals surface area (Å²) in [5, 5.41) is 3.00. The smallest absolute Gasteiger partial charge is 0.114 e. The number of nitrogens with zero attached hydrogens (tertiary/aromatic N) is 1. The van der Waals surface area contributed by atoms with Crippen molar-refractivity contribution in [2.24, 2.45) is 17.0 Å². The lowest BCUT2D eigenvalue weighted by Crippen LogP contribution is -2.25. The number of nitroso groups, excluding NO2 is 1. The van der Waals surface area contributed by atoms with Crippen molar-refractivity contribution in [2.45, 2.75) is 30.4 Å². The molecule has 2 aliphatic carbocycles. The summed E-state index contributed by atoms with van der Waals surface area (Å²) in [5.41, 5.74) is 0. The molecule has 0 aromatic heterocycles. The largest absolute Gasteiger partial charge is 0.381 e. The molecule has 4 heteroatoms. The molecular weight excluding hydrogens is 178 g/mol. The molecule has 0 aromatic carbocycles. The van der Waals surface area contributed by atoms with E-state index in [1.165, 1.54) is 0 Å². The number of fused-ring (bicyclic) bond motifs is 2. The third-order valence-electron chi connectivity index (χ3n) is 3.25. The van der Waals surface area contributed by atoms with Crippen LogP contribution in [0.15, 0.2) is 5.18 Å². The normalized spacial score (nSPS) is 51.3. The minimum Gasteiger partial charge on any atom is -0.381 e. The zero-order chi connectivity index (χ0) is 8.72. The van der Waals surface area contributed by atoms with Gasteiger partial charge >= 0.3 is 0 Å². The quantitative estimate of drug-likeness (QED) is 0.491. The van der Waals surface area contributed by atoms with Gasteiger partial charge in [-0.05, 0) is 12.8 Å². The van der Waals surface area contributed by atoms with Crippen molar-refractivity contribution < 1.29 is 4.74 Å². The van der Waals surface area contributed by atoms with E-state index in [9.17, 15) is 4.91 Å². The maximum absolute atomic E-state index is 10.5. The molecule has 68 valence electrons. The van der Waals surface area contributed by atoms with Crippen molar-refractivity contribution in [3.63, 3.8) is 0 Å². The number of alkyl halides is 1. The molecule has 0 heterocycles. The SMILES string of the molecule is CO[C@@H]1[C@@H]2CC[C@@H]1[C@@H](N=O)[C@H]2Cl. The van der Waals surface area contributed by atoms with Crippen molar-refractivity contribution in [3.8, 4) is 0 Å². The first-order chi connectivity index (χ1) is 5.79. The zero-order valence-electron chi connectivity index (χ0n) is 6.94. The lowest BCUT2D eigenvalue weighted by molar-refractivity contribution is 0.0651. The highest BCUT2D eigenvalue weighted by Gasteiger charge is 2.55. The average Bonchev–Trinajstić information content (AvgIpc) is 2.58. The third kappa shape index (κ3) is 0.927. The van der Waals surface area contributed by atoms with Gasteiger partial charge in [0.2, 0.25) is 0 Å². The van der Waals surface area contributed by atoms with Gasteiger partial charge in [-0.1, -0.05) is 5.18 Å². The molecule has 0 amide bonds. The molecule has 0 N–H and O–H groups in total. The van der Waals surface area contributed by atoms with Gasteiger partial charge in [-0.15, -0.1) is 11.6 Å². The second kappa shape index (κ2) is 2.96. The van der Waals surface area contributed by atoms with Crippen molar-refractivity contribution in [3.05, 3.63) is 4.91 Å². The molecule has 0 spiro atoms. The molecule has 0 saturated heterocycles. The maximum Gasteiger partial charge on any atom is 0.114 e. The van der Waals surface area contributed by atoms with Crippen LogP contribution in [-0.2, 0) is 4.74 Å². The van der Waals surface area contributed by atoms with Gasteiger partial charge in [-0.2, -0.15) is 4.91 Å². The summed E-state index contributed by atoms with van der Waals surface area (Å²) in [6, 6.07) is -0.213. The standard InChI is InChI=1S/C8H12ClNO2/c1-12-8-4-2-3-5(8)7(10-11)6(4)9/h4-8H,2-3H2,1H3/t4-,5-,6+,7-,8-/m1/s1. The molecule has 2 fully saturated rings. The molecule has 0 unspecified atom stereocenters. The molecule has 0 radical (unpaired) electrons. The van der Waals surface area contributed by atoms with Gasteiger partial charge in [0.15, 0.2) is 0 Å². The van der Waals surface area contributed by atoms with E-state index in [2.05, 4.69) is 5.18 Å². The Morgan fingerprint density at radius 3 is 2.50 bits per heavy atom. The van der Waals surface area contributed by atoms with Crippen LogP contribution in [0.5, 0.6) is 0 Å². The molecular formula is C8H12ClNO2. The fraction of sp³-hybridized carbons (Fsp3) is 1.00. The highest BCUT2D eigenvalue weighted by atomic mass is 35.5. The van der Waals surface area contributed by atoms with E-state index in [0.717, 1.165) is 12.8 Å². The Morgan fingerprint density at radius 1 is 1.42 bits per heavy atom. The lowest BCUT2D eigenvalue weighted by Gasteiger charge is -2.18. The topological polar surface area (TPSA) is 38.7 Å².